The molecule has 1 fully saturated rings. The van der Waals surface area contributed by atoms with Gasteiger partial charge >= 0.3 is 0 Å². The molecule has 3 nitrogen and oxygen atoms in total. The van der Waals surface area contributed by atoms with Crippen LogP contribution in [0.15, 0.2) is 24.3 Å². The first-order valence-corrected chi connectivity index (χ1v) is 6.76. The summed E-state index contributed by atoms with van der Waals surface area (Å²) in [7, 11) is 0. The van der Waals surface area contributed by atoms with Crippen LogP contribution in [-0.2, 0) is 0 Å². The largest absolute Gasteiger partial charge is 0.494 e. The third-order valence-electron chi connectivity index (χ3n) is 3.77. The first kappa shape index (κ1) is 13.4. The molecular weight excluding hydrogens is 226 g/mol. The van der Waals surface area contributed by atoms with Gasteiger partial charge in [0.05, 0.1) is 6.61 Å². The third-order valence-corrected chi connectivity index (χ3v) is 3.77. The van der Waals surface area contributed by atoms with Crippen molar-refractivity contribution in [3.8, 4) is 5.75 Å². The van der Waals surface area contributed by atoms with Crippen LogP contribution in [0.5, 0.6) is 5.75 Å². The molecule has 0 radical (unpaired) electrons. The Hall–Kier alpha value is -1.06. The van der Waals surface area contributed by atoms with E-state index in [4.69, 9.17) is 4.74 Å². The molecule has 1 unspecified atom stereocenters. The van der Waals surface area contributed by atoms with E-state index in [-0.39, 0.29) is 5.41 Å². The third kappa shape index (κ3) is 3.24. The van der Waals surface area contributed by atoms with Crippen molar-refractivity contribution in [2.45, 2.75) is 32.7 Å². The molecule has 0 heterocycles. The Bertz CT molecular complexity index is 371. The summed E-state index contributed by atoms with van der Waals surface area (Å²) in [5.74, 6) is 0.919. The Balaban J connectivity index is 1.86. The predicted molar refractivity (Wildman–Crippen MR) is 72.8 cm³/mol. The van der Waals surface area contributed by atoms with Gasteiger partial charge in [0, 0.05) is 24.6 Å². The van der Waals surface area contributed by atoms with Crippen LogP contribution >= 0.6 is 0 Å². The number of hydrogen-bond acceptors (Lipinski definition) is 3. The number of rotatable bonds is 7. The summed E-state index contributed by atoms with van der Waals surface area (Å²) in [5.41, 5.74) is 1.42. The normalized spacial score (nSPS) is 18.4. The van der Waals surface area contributed by atoms with E-state index >= 15 is 0 Å². The van der Waals surface area contributed by atoms with Gasteiger partial charge in [-0.15, -0.1) is 0 Å². The van der Waals surface area contributed by atoms with Gasteiger partial charge in [0.25, 0.3) is 0 Å². The molecule has 3 heteroatoms. The number of nitrogens with one attached hydrogen (secondary N) is 1. The lowest BCUT2D eigenvalue weighted by atomic mass is 10.1. The van der Waals surface area contributed by atoms with Gasteiger partial charge in [-0.2, -0.15) is 0 Å². The standard InChI is InChI=1S/C15H23NO2/c1-3-18-14-6-4-13(5-7-14)12(2)16-10-15(11-17)8-9-15/h4-7,12,16-17H,3,8-11H2,1-2H3. The van der Waals surface area contributed by atoms with E-state index in [1.165, 1.54) is 5.56 Å². The molecular formula is C15H23NO2. The van der Waals surface area contributed by atoms with Gasteiger partial charge in [-0.1, -0.05) is 12.1 Å². The van der Waals surface area contributed by atoms with Crippen molar-refractivity contribution in [2.75, 3.05) is 19.8 Å². The second kappa shape index (κ2) is 5.72. The topological polar surface area (TPSA) is 41.5 Å². The summed E-state index contributed by atoms with van der Waals surface area (Å²) in [6.07, 6.45) is 2.29. The summed E-state index contributed by atoms with van der Waals surface area (Å²) in [6, 6.07) is 8.53. The van der Waals surface area contributed by atoms with E-state index in [1.807, 2.05) is 19.1 Å². The molecule has 2 N–H and O–H groups in total. The molecule has 0 spiro atoms. The monoisotopic (exact) mass is 249 g/mol. The minimum absolute atomic E-state index is 0.166. The molecule has 0 saturated heterocycles. The Morgan fingerprint density at radius 1 is 1.33 bits per heavy atom. The van der Waals surface area contributed by atoms with Crippen LogP contribution in [-0.4, -0.2) is 24.9 Å². The molecule has 1 aliphatic carbocycles. The molecule has 1 aliphatic rings. The summed E-state index contributed by atoms with van der Waals surface area (Å²) in [6.45, 7) is 6.05. The number of aliphatic hydroxyl groups is 1. The highest BCUT2D eigenvalue weighted by atomic mass is 16.5. The van der Waals surface area contributed by atoms with E-state index in [0.29, 0.717) is 19.3 Å². The molecule has 0 bridgehead atoms. The SMILES string of the molecule is CCOc1ccc(C(C)NCC2(CO)CC2)cc1. The molecule has 100 valence electrons. The Morgan fingerprint density at radius 2 is 2.00 bits per heavy atom. The van der Waals surface area contributed by atoms with Gasteiger partial charge < -0.3 is 15.2 Å². The minimum Gasteiger partial charge on any atom is -0.494 e. The number of ether oxygens (including phenoxy) is 1. The van der Waals surface area contributed by atoms with E-state index in [2.05, 4.69) is 24.4 Å². The van der Waals surface area contributed by atoms with Gasteiger partial charge in [-0.05, 0) is 44.4 Å². The highest BCUT2D eigenvalue weighted by molar-refractivity contribution is 5.29. The average molecular weight is 249 g/mol. The van der Waals surface area contributed by atoms with Crippen molar-refractivity contribution in [3.63, 3.8) is 0 Å². The van der Waals surface area contributed by atoms with Crippen molar-refractivity contribution in [3.05, 3.63) is 29.8 Å². The summed E-state index contributed by atoms with van der Waals surface area (Å²) in [4.78, 5) is 0. The van der Waals surface area contributed by atoms with Gasteiger partial charge in [0.2, 0.25) is 0 Å². The van der Waals surface area contributed by atoms with Crippen LogP contribution in [0.4, 0.5) is 0 Å². The van der Waals surface area contributed by atoms with Crippen molar-refractivity contribution in [1.29, 1.82) is 0 Å². The minimum atomic E-state index is 0.166. The van der Waals surface area contributed by atoms with Gasteiger partial charge in [0.15, 0.2) is 0 Å². The van der Waals surface area contributed by atoms with Crippen molar-refractivity contribution in [1.82, 2.24) is 5.32 Å². The Kier molecular flexibility index (Phi) is 4.25. The summed E-state index contributed by atoms with van der Waals surface area (Å²) < 4.78 is 5.43. The predicted octanol–water partition coefficient (Wildman–Crippen LogP) is 2.51. The van der Waals surface area contributed by atoms with Crippen molar-refractivity contribution in [2.24, 2.45) is 5.41 Å². The van der Waals surface area contributed by atoms with Crippen molar-refractivity contribution >= 4 is 0 Å². The van der Waals surface area contributed by atoms with Crippen LogP contribution in [0.1, 0.15) is 38.3 Å². The highest BCUT2D eigenvalue weighted by Gasteiger charge is 2.41. The van der Waals surface area contributed by atoms with Crippen LogP contribution in [0.25, 0.3) is 0 Å². The lowest BCUT2D eigenvalue weighted by Gasteiger charge is -2.19. The van der Waals surface area contributed by atoms with E-state index in [0.717, 1.165) is 25.1 Å². The maximum absolute atomic E-state index is 9.28. The quantitative estimate of drug-likeness (QED) is 0.780. The second-order valence-electron chi connectivity index (χ2n) is 5.26. The smallest absolute Gasteiger partial charge is 0.119 e. The Morgan fingerprint density at radius 3 is 2.50 bits per heavy atom. The number of hydrogen-bond donors (Lipinski definition) is 2. The fraction of sp³-hybridized carbons (Fsp3) is 0.600. The first-order chi connectivity index (χ1) is 8.69. The maximum Gasteiger partial charge on any atom is 0.119 e. The Labute approximate surface area is 109 Å². The van der Waals surface area contributed by atoms with E-state index < -0.39 is 0 Å². The number of benzene rings is 1. The molecule has 0 amide bonds. The molecule has 1 aromatic rings. The van der Waals surface area contributed by atoms with Crippen LogP contribution < -0.4 is 10.1 Å². The first-order valence-electron chi connectivity index (χ1n) is 6.76. The highest BCUT2D eigenvalue weighted by Crippen LogP contribution is 2.44. The fourth-order valence-corrected chi connectivity index (χ4v) is 2.07. The lowest BCUT2D eigenvalue weighted by Crippen LogP contribution is -2.28. The second-order valence-corrected chi connectivity index (χ2v) is 5.26. The van der Waals surface area contributed by atoms with E-state index in [9.17, 15) is 5.11 Å². The van der Waals surface area contributed by atoms with Crippen molar-refractivity contribution < 1.29 is 9.84 Å². The fourth-order valence-electron chi connectivity index (χ4n) is 2.07. The molecule has 1 saturated carbocycles. The zero-order chi connectivity index (χ0) is 13.0. The van der Waals surface area contributed by atoms with Crippen LogP contribution in [0.3, 0.4) is 0 Å². The van der Waals surface area contributed by atoms with Gasteiger partial charge in [-0.25, -0.2) is 0 Å². The molecule has 2 rings (SSSR count). The maximum atomic E-state index is 9.28. The molecule has 0 aliphatic heterocycles. The molecule has 1 aromatic carbocycles. The number of aliphatic hydroxyl groups excluding tert-OH is 1. The summed E-state index contributed by atoms with van der Waals surface area (Å²) in [5, 5.41) is 12.8. The molecule has 0 aromatic heterocycles. The van der Waals surface area contributed by atoms with E-state index in [1.54, 1.807) is 0 Å². The zero-order valence-electron chi connectivity index (χ0n) is 11.3. The van der Waals surface area contributed by atoms with Crippen LogP contribution in [0, 0.1) is 5.41 Å². The van der Waals surface area contributed by atoms with Crippen LogP contribution in [0.2, 0.25) is 0 Å². The molecule has 1 atom stereocenters. The van der Waals surface area contributed by atoms with Gasteiger partial charge in [0.1, 0.15) is 5.75 Å². The zero-order valence-corrected chi connectivity index (χ0v) is 11.3. The molecule has 18 heavy (non-hydrogen) atoms. The lowest BCUT2D eigenvalue weighted by molar-refractivity contribution is 0.204. The summed E-state index contributed by atoms with van der Waals surface area (Å²) >= 11 is 0. The average Bonchev–Trinajstić information content (AvgIpc) is 3.18. The van der Waals surface area contributed by atoms with Gasteiger partial charge in [-0.3, -0.25) is 0 Å².